The molecule has 1 unspecified atom stereocenters. The highest BCUT2D eigenvalue weighted by atomic mass is 16.6. The van der Waals surface area contributed by atoms with Gasteiger partial charge in [0.1, 0.15) is 6.61 Å². The third-order valence-corrected chi connectivity index (χ3v) is 7.42. The molecule has 3 amide bonds. The molecule has 2 aliphatic heterocycles. The summed E-state index contributed by atoms with van der Waals surface area (Å²) in [6.07, 6.45) is -4.11. The van der Waals surface area contributed by atoms with Gasteiger partial charge in [-0.25, -0.2) is 9.69 Å². The molecule has 3 atom stereocenters. The van der Waals surface area contributed by atoms with Crippen LogP contribution in [0.3, 0.4) is 0 Å². The van der Waals surface area contributed by atoms with Crippen LogP contribution in [0.2, 0.25) is 0 Å². The second-order valence-corrected chi connectivity index (χ2v) is 10.2. The maximum Gasteiger partial charge on any atom is 0.417 e. The average Bonchev–Trinajstić information content (AvgIpc) is 3.29. The lowest BCUT2D eigenvalue weighted by molar-refractivity contribution is -0.154. The van der Waals surface area contributed by atoms with E-state index in [-0.39, 0.29) is 38.5 Å². The lowest BCUT2D eigenvalue weighted by Gasteiger charge is -2.33. The minimum atomic E-state index is -2.41. The van der Waals surface area contributed by atoms with Crippen LogP contribution in [0.4, 0.5) is 4.79 Å². The van der Waals surface area contributed by atoms with Crippen molar-refractivity contribution in [1.29, 1.82) is 0 Å². The summed E-state index contributed by atoms with van der Waals surface area (Å²) in [6, 6.07) is 26.0. The van der Waals surface area contributed by atoms with Gasteiger partial charge in [0.2, 0.25) is 12.0 Å². The normalized spacial score (nSPS) is 22.3. The molecule has 3 aromatic carbocycles. The van der Waals surface area contributed by atoms with Gasteiger partial charge >= 0.3 is 12.1 Å². The lowest BCUT2D eigenvalue weighted by atomic mass is 9.95. The van der Waals surface area contributed by atoms with Gasteiger partial charge in [0.25, 0.3) is 5.91 Å². The minimum Gasteiger partial charge on any atom is -0.461 e. The van der Waals surface area contributed by atoms with Crippen LogP contribution in [0.15, 0.2) is 91.0 Å². The van der Waals surface area contributed by atoms with Gasteiger partial charge in [-0.15, -0.1) is 0 Å². The number of cyclic esters (lactones) is 1. The second kappa shape index (κ2) is 13.3. The number of rotatable bonds is 9. The first-order valence-corrected chi connectivity index (χ1v) is 13.8. The van der Waals surface area contributed by atoms with Crippen LogP contribution in [0.1, 0.15) is 38.7 Å². The van der Waals surface area contributed by atoms with Crippen molar-refractivity contribution in [2.45, 2.75) is 50.8 Å². The van der Waals surface area contributed by atoms with E-state index >= 15 is 0 Å². The molecule has 0 bridgehead atoms. The average molecular weight is 557 g/mol. The Balaban J connectivity index is 1.29. The first-order valence-electron chi connectivity index (χ1n) is 14.9. The Labute approximate surface area is 242 Å². The Bertz CT molecular complexity index is 1430. The number of carbonyl (C=O) groups excluding carboxylic acids is 4. The number of amides is 3. The maximum atomic E-state index is 13.8. The second-order valence-electron chi connectivity index (χ2n) is 10.2. The predicted octanol–water partition coefficient (Wildman–Crippen LogP) is 4.56. The van der Waals surface area contributed by atoms with Gasteiger partial charge in [-0.05, 0) is 42.4 Å². The number of benzene rings is 3. The zero-order chi connectivity index (χ0) is 30.4. The molecule has 5 rings (SSSR count). The fourth-order valence-electron chi connectivity index (χ4n) is 5.15. The van der Waals surface area contributed by atoms with E-state index < -0.39 is 42.3 Å². The van der Waals surface area contributed by atoms with Crippen molar-refractivity contribution in [3.05, 3.63) is 108 Å². The van der Waals surface area contributed by atoms with Crippen LogP contribution in [0.5, 0.6) is 0 Å². The predicted molar refractivity (Wildman–Crippen MR) is 151 cm³/mol. The summed E-state index contributed by atoms with van der Waals surface area (Å²) in [7, 11) is 0. The molecule has 0 spiro atoms. The number of piperidine rings is 1. The van der Waals surface area contributed by atoms with E-state index in [0.717, 1.165) is 16.0 Å². The first kappa shape index (κ1) is 25.5. The van der Waals surface area contributed by atoms with Crippen LogP contribution in [0.25, 0.3) is 0 Å². The standard InChI is InChI=1S/C33H34N2O6/c36-29(17-16-24-10-4-1-5-11-24)35-28(22-25-12-6-2-7-13-25)30(41-33(35)39)31(37)34-20-18-27(19-21-34)32(38)40-23-26-14-8-3-9-15-26/h1-15,27-28,30H,16-23H2/t28-,30+/m0/s1/i17D,30D/t17?,28-,30+. The number of esters is 1. The molecule has 0 saturated carbocycles. The minimum absolute atomic E-state index is 0.00783. The molecule has 0 N–H and O–H groups in total. The number of ether oxygens (including phenoxy) is 2. The largest absolute Gasteiger partial charge is 0.461 e. The van der Waals surface area contributed by atoms with Gasteiger partial charge in [-0.2, -0.15) is 0 Å². The SMILES string of the molecule is [2H]C(Cc1ccccc1)C(=O)N1C(=O)O[C@@]([2H])(C(=O)N2CCC(C(=O)OCc3ccccc3)CC2)[C@@H]1Cc1ccccc1. The van der Waals surface area contributed by atoms with Crippen molar-refractivity contribution in [1.82, 2.24) is 9.80 Å². The van der Waals surface area contributed by atoms with E-state index in [9.17, 15) is 19.2 Å². The number of carbonyl (C=O) groups is 4. The molecule has 2 aliphatic rings. The van der Waals surface area contributed by atoms with Crippen LogP contribution >= 0.6 is 0 Å². The summed E-state index contributed by atoms with van der Waals surface area (Å²) in [5, 5.41) is 0. The Kier molecular flexibility index (Phi) is 8.25. The van der Waals surface area contributed by atoms with Crippen molar-refractivity contribution in [2.75, 3.05) is 13.1 Å². The van der Waals surface area contributed by atoms with E-state index in [4.69, 9.17) is 12.2 Å². The third-order valence-electron chi connectivity index (χ3n) is 7.42. The molecule has 2 heterocycles. The highest BCUT2D eigenvalue weighted by Gasteiger charge is 2.50. The fraction of sp³-hybridized carbons (Fsp3) is 0.333. The van der Waals surface area contributed by atoms with Gasteiger partial charge in [0, 0.05) is 20.9 Å². The fourth-order valence-corrected chi connectivity index (χ4v) is 5.15. The molecule has 8 nitrogen and oxygen atoms in total. The van der Waals surface area contributed by atoms with Crippen LogP contribution in [-0.2, 0) is 43.3 Å². The van der Waals surface area contributed by atoms with E-state index in [1.54, 1.807) is 48.5 Å². The number of imide groups is 1. The summed E-state index contributed by atoms with van der Waals surface area (Å²) >= 11 is 0. The third kappa shape index (κ3) is 7.01. The summed E-state index contributed by atoms with van der Waals surface area (Å²) in [5.41, 5.74) is 2.34. The van der Waals surface area contributed by atoms with Crippen LogP contribution in [-0.4, -0.2) is 58.9 Å². The summed E-state index contributed by atoms with van der Waals surface area (Å²) in [6.45, 7) is 0.503. The molecule has 0 aliphatic carbocycles. The van der Waals surface area contributed by atoms with Crippen molar-refractivity contribution in [3.63, 3.8) is 0 Å². The van der Waals surface area contributed by atoms with Crippen molar-refractivity contribution in [2.24, 2.45) is 5.92 Å². The smallest absolute Gasteiger partial charge is 0.417 e. The zero-order valence-corrected chi connectivity index (χ0v) is 22.7. The molecule has 212 valence electrons. The number of aryl methyl sites for hydroxylation is 1. The van der Waals surface area contributed by atoms with Crippen LogP contribution < -0.4 is 0 Å². The number of likely N-dealkylation sites (tertiary alicyclic amines) is 1. The molecule has 8 heteroatoms. The highest BCUT2D eigenvalue weighted by molar-refractivity contribution is 5.97. The monoisotopic (exact) mass is 556 g/mol. The highest BCUT2D eigenvalue weighted by Crippen LogP contribution is 2.28. The van der Waals surface area contributed by atoms with Crippen molar-refractivity contribution >= 4 is 23.9 Å². The zero-order valence-electron chi connectivity index (χ0n) is 24.7. The molecule has 0 aromatic heterocycles. The Morgan fingerprint density at radius 3 is 2.02 bits per heavy atom. The van der Waals surface area contributed by atoms with E-state index in [2.05, 4.69) is 0 Å². The molecule has 2 saturated heterocycles. The first-order chi connectivity index (χ1) is 20.8. The number of hydrogen-bond acceptors (Lipinski definition) is 6. The maximum absolute atomic E-state index is 13.8. The van der Waals surface area contributed by atoms with Crippen LogP contribution in [0, 0.1) is 5.92 Å². The molecule has 2 fully saturated rings. The van der Waals surface area contributed by atoms with E-state index in [1.165, 1.54) is 4.90 Å². The van der Waals surface area contributed by atoms with Crippen molar-refractivity contribution < 1.29 is 31.4 Å². The summed E-state index contributed by atoms with van der Waals surface area (Å²) < 4.78 is 28.6. The lowest BCUT2D eigenvalue weighted by Crippen LogP contribution is -2.51. The van der Waals surface area contributed by atoms with Gasteiger partial charge in [0.15, 0.2) is 0 Å². The quantitative estimate of drug-likeness (QED) is 0.359. The molecular weight excluding hydrogens is 520 g/mol. The van der Waals surface area contributed by atoms with Gasteiger partial charge in [-0.1, -0.05) is 91.0 Å². The Morgan fingerprint density at radius 2 is 1.41 bits per heavy atom. The summed E-state index contributed by atoms with van der Waals surface area (Å²) in [5.74, 6) is -2.32. The topological polar surface area (TPSA) is 93.2 Å². The Hall–Kier alpha value is -4.46. The van der Waals surface area contributed by atoms with Gasteiger partial charge in [0.05, 0.1) is 13.3 Å². The van der Waals surface area contributed by atoms with Gasteiger partial charge < -0.3 is 14.4 Å². The van der Waals surface area contributed by atoms with E-state index in [1.807, 2.05) is 42.5 Å². The molecule has 3 aromatic rings. The summed E-state index contributed by atoms with van der Waals surface area (Å²) in [4.78, 5) is 55.4. The van der Waals surface area contributed by atoms with Gasteiger partial charge in [-0.3, -0.25) is 14.4 Å². The number of nitrogens with zero attached hydrogens (tertiary/aromatic N) is 2. The Morgan fingerprint density at radius 1 is 0.854 bits per heavy atom. The number of hydrogen-bond donors (Lipinski definition) is 0. The van der Waals surface area contributed by atoms with E-state index in [0.29, 0.717) is 18.4 Å². The molecule has 0 radical (unpaired) electrons. The molecule has 41 heavy (non-hydrogen) atoms. The van der Waals surface area contributed by atoms with Crippen molar-refractivity contribution in [3.8, 4) is 0 Å². The molecular formula is C33H34N2O6.